The van der Waals surface area contributed by atoms with Gasteiger partial charge in [-0.05, 0) is 20.8 Å². The number of aryl methyl sites for hydroxylation is 1. The molecule has 0 aliphatic rings. The van der Waals surface area contributed by atoms with Crippen molar-refractivity contribution in [3.05, 3.63) is 18.2 Å². The van der Waals surface area contributed by atoms with Crippen LogP contribution >= 0.6 is 0 Å². The van der Waals surface area contributed by atoms with Gasteiger partial charge in [0.05, 0.1) is 0 Å². The molecule has 5 nitrogen and oxygen atoms in total. The molecule has 16 heavy (non-hydrogen) atoms. The molecule has 0 aliphatic heterocycles. The van der Waals surface area contributed by atoms with Crippen LogP contribution < -0.4 is 5.73 Å². The highest BCUT2D eigenvalue weighted by Crippen LogP contribution is 2.09. The van der Waals surface area contributed by atoms with Gasteiger partial charge in [-0.1, -0.05) is 0 Å². The molecule has 0 aromatic carbocycles. The van der Waals surface area contributed by atoms with E-state index in [1.807, 2.05) is 38.6 Å². The van der Waals surface area contributed by atoms with Crippen molar-refractivity contribution in [2.24, 2.45) is 12.8 Å². The van der Waals surface area contributed by atoms with Crippen molar-refractivity contribution < 1.29 is 9.53 Å². The molecule has 0 bridgehead atoms. The van der Waals surface area contributed by atoms with E-state index in [1.165, 1.54) is 0 Å². The first-order valence-corrected chi connectivity index (χ1v) is 5.24. The lowest BCUT2D eigenvalue weighted by Gasteiger charge is -2.22. The molecule has 90 valence electrons. The van der Waals surface area contributed by atoms with Gasteiger partial charge in [-0.25, -0.2) is 4.98 Å². The molecule has 2 N–H and O–H groups in total. The van der Waals surface area contributed by atoms with E-state index in [0.717, 1.165) is 5.82 Å². The lowest BCUT2D eigenvalue weighted by atomic mass is 10.1. The third kappa shape index (κ3) is 3.66. The topological polar surface area (TPSA) is 70.1 Å². The average Bonchev–Trinajstić information content (AvgIpc) is 2.49. The Labute approximate surface area is 95.6 Å². The maximum Gasteiger partial charge on any atom is 0.323 e. The van der Waals surface area contributed by atoms with E-state index in [2.05, 4.69) is 4.98 Å². The SMILES string of the molecule is Cn1ccnc1CC(N)C(=O)OC(C)(C)C. The molecule has 1 unspecified atom stereocenters. The quantitative estimate of drug-likeness (QED) is 0.766. The van der Waals surface area contributed by atoms with Crippen molar-refractivity contribution in [2.75, 3.05) is 0 Å². The lowest BCUT2D eigenvalue weighted by Crippen LogP contribution is -2.39. The van der Waals surface area contributed by atoms with E-state index >= 15 is 0 Å². The molecule has 0 fully saturated rings. The number of imidazole rings is 1. The van der Waals surface area contributed by atoms with Crippen molar-refractivity contribution >= 4 is 5.97 Å². The van der Waals surface area contributed by atoms with Crippen LogP contribution in [0.5, 0.6) is 0 Å². The zero-order chi connectivity index (χ0) is 12.3. The third-order valence-electron chi connectivity index (χ3n) is 2.03. The lowest BCUT2D eigenvalue weighted by molar-refractivity contribution is -0.156. The van der Waals surface area contributed by atoms with Crippen molar-refractivity contribution in [1.82, 2.24) is 9.55 Å². The van der Waals surface area contributed by atoms with Crippen LogP contribution in [0.3, 0.4) is 0 Å². The Morgan fingerprint density at radius 1 is 1.62 bits per heavy atom. The highest BCUT2D eigenvalue weighted by Gasteiger charge is 2.23. The zero-order valence-corrected chi connectivity index (χ0v) is 10.2. The number of hydrogen-bond acceptors (Lipinski definition) is 4. The van der Waals surface area contributed by atoms with Crippen molar-refractivity contribution in [2.45, 2.75) is 38.8 Å². The van der Waals surface area contributed by atoms with Gasteiger partial charge in [-0.2, -0.15) is 0 Å². The molecule has 1 aromatic rings. The number of carbonyl (C=O) groups is 1. The third-order valence-corrected chi connectivity index (χ3v) is 2.03. The minimum atomic E-state index is -0.666. The highest BCUT2D eigenvalue weighted by molar-refractivity contribution is 5.76. The smallest absolute Gasteiger partial charge is 0.323 e. The Bertz CT molecular complexity index is 366. The van der Waals surface area contributed by atoms with Gasteiger partial charge in [0.15, 0.2) is 0 Å². The Hall–Kier alpha value is -1.36. The number of aromatic nitrogens is 2. The molecule has 1 heterocycles. The molecule has 1 aromatic heterocycles. The van der Waals surface area contributed by atoms with Gasteiger partial charge < -0.3 is 15.0 Å². The van der Waals surface area contributed by atoms with E-state index in [0.29, 0.717) is 6.42 Å². The van der Waals surface area contributed by atoms with Crippen molar-refractivity contribution in [3.63, 3.8) is 0 Å². The Morgan fingerprint density at radius 2 is 2.25 bits per heavy atom. The number of nitrogens with zero attached hydrogens (tertiary/aromatic N) is 2. The summed E-state index contributed by atoms with van der Waals surface area (Å²) < 4.78 is 7.02. The van der Waals surface area contributed by atoms with Crippen LogP contribution in [-0.2, 0) is 23.0 Å². The van der Waals surface area contributed by atoms with Crippen LogP contribution in [-0.4, -0.2) is 27.2 Å². The minimum absolute atomic E-state index is 0.387. The summed E-state index contributed by atoms with van der Waals surface area (Å²) in [6.45, 7) is 5.45. The molecule has 1 atom stereocenters. The standard InChI is InChI=1S/C11H19N3O2/c1-11(2,3)16-10(15)8(12)7-9-13-5-6-14(9)4/h5-6,8H,7,12H2,1-4H3. The van der Waals surface area contributed by atoms with E-state index in [1.54, 1.807) is 6.20 Å². The maximum absolute atomic E-state index is 11.6. The largest absolute Gasteiger partial charge is 0.459 e. The second kappa shape index (κ2) is 4.65. The number of ether oxygens (including phenoxy) is 1. The molecule has 0 amide bonds. The van der Waals surface area contributed by atoms with Gasteiger partial charge in [0, 0.05) is 25.9 Å². The summed E-state index contributed by atoms with van der Waals surface area (Å²) >= 11 is 0. The van der Waals surface area contributed by atoms with Gasteiger partial charge in [0.1, 0.15) is 17.5 Å². The minimum Gasteiger partial charge on any atom is -0.459 e. The van der Waals surface area contributed by atoms with Crippen molar-refractivity contribution in [1.29, 1.82) is 0 Å². The monoisotopic (exact) mass is 225 g/mol. The van der Waals surface area contributed by atoms with Crippen LogP contribution in [0.4, 0.5) is 0 Å². The summed E-state index contributed by atoms with van der Waals surface area (Å²) in [6.07, 6.45) is 3.88. The molecule has 0 saturated heterocycles. The predicted molar refractivity (Wildman–Crippen MR) is 60.7 cm³/mol. The van der Waals surface area contributed by atoms with E-state index in [9.17, 15) is 4.79 Å². The van der Waals surface area contributed by atoms with E-state index < -0.39 is 17.6 Å². The van der Waals surface area contributed by atoms with Crippen molar-refractivity contribution in [3.8, 4) is 0 Å². The van der Waals surface area contributed by atoms with Gasteiger partial charge >= 0.3 is 5.97 Å². The van der Waals surface area contributed by atoms with Gasteiger partial charge in [-0.3, -0.25) is 4.79 Å². The average molecular weight is 225 g/mol. The number of nitrogens with two attached hydrogens (primary N) is 1. The van der Waals surface area contributed by atoms with Gasteiger partial charge in [0.25, 0.3) is 0 Å². The second-order valence-corrected chi connectivity index (χ2v) is 4.80. The molecule has 0 aliphatic carbocycles. The normalized spacial score (nSPS) is 13.6. The Morgan fingerprint density at radius 3 is 2.69 bits per heavy atom. The Balaban J connectivity index is 2.56. The number of rotatable bonds is 3. The summed E-state index contributed by atoms with van der Waals surface area (Å²) in [4.78, 5) is 15.7. The number of esters is 1. The summed E-state index contributed by atoms with van der Waals surface area (Å²) in [7, 11) is 1.87. The molecule has 0 radical (unpaired) electrons. The van der Waals surface area contributed by atoms with E-state index in [-0.39, 0.29) is 0 Å². The first-order valence-electron chi connectivity index (χ1n) is 5.24. The van der Waals surface area contributed by atoms with Crippen LogP contribution in [0.15, 0.2) is 12.4 Å². The second-order valence-electron chi connectivity index (χ2n) is 4.80. The van der Waals surface area contributed by atoms with Gasteiger partial charge in [0.2, 0.25) is 0 Å². The molecule has 0 saturated carbocycles. The summed E-state index contributed by atoms with van der Waals surface area (Å²) in [6, 6.07) is -0.666. The fourth-order valence-electron chi connectivity index (χ4n) is 1.25. The maximum atomic E-state index is 11.6. The number of carbonyl (C=O) groups excluding carboxylic acids is 1. The zero-order valence-electron chi connectivity index (χ0n) is 10.2. The summed E-state index contributed by atoms with van der Waals surface area (Å²) in [5, 5.41) is 0. The highest BCUT2D eigenvalue weighted by atomic mass is 16.6. The predicted octanol–water partition coefficient (Wildman–Crippen LogP) is 0.632. The van der Waals surface area contributed by atoms with Crippen LogP contribution in [0.1, 0.15) is 26.6 Å². The van der Waals surface area contributed by atoms with Crippen LogP contribution in [0, 0.1) is 0 Å². The van der Waals surface area contributed by atoms with Crippen LogP contribution in [0.25, 0.3) is 0 Å². The number of hydrogen-bond donors (Lipinski definition) is 1. The van der Waals surface area contributed by atoms with Gasteiger partial charge in [-0.15, -0.1) is 0 Å². The fourth-order valence-corrected chi connectivity index (χ4v) is 1.25. The first-order chi connectivity index (χ1) is 7.29. The summed E-state index contributed by atoms with van der Waals surface area (Å²) in [5.41, 5.74) is 5.25. The van der Waals surface area contributed by atoms with E-state index in [4.69, 9.17) is 10.5 Å². The molecule has 0 spiro atoms. The fraction of sp³-hybridized carbons (Fsp3) is 0.636. The molecular formula is C11H19N3O2. The molecule has 5 heteroatoms. The van der Waals surface area contributed by atoms with Crippen LogP contribution in [0.2, 0.25) is 0 Å². The first kappa shape index (κ1) is 12.7. The summed E-state index contributed by atoms with van der Waals surface area (Å²) in [5.74, 6) is 0.383. The molecular weight excluding hydrogens is 206 g/mol. The molecule has 1 rings (SSSR count). The Kier molecular flexibility index (Phi) is 3.70.